The zero-order chi connectivity index (χ0) is 15.7. The lowest BCUT2D eigenvalue weighted by Gasteiger charge is -2.19. The molecule has 0 aliphatic heterocycles. The predicted molar refractivity (Wildman–Crippen MR) is 62.6 cm³/mol. The lowest BCUT2D eigenvalue weighted by Crippen LogP contribution is -2.13. The molecule has 0 radical (unpaired) electrons. The maximum Gasteiger partial charge on any atom is 0.446 e. The van der Waals surface area contributed by atoms with Gasteiger partial charge in [0.05, 0.1) is 5.56 Å². The molecule has 0 aliphatic rings. The van der Waals surface area contributed by atoms with Crippen molar-refractivity contribution >= 4 is 29.1 Å². The molecular formula is C11H7ClF6OS. The van der Waals surface area contributed by atoms with Crippen LogP contribution in [-0.2, 0) is 11.0 Å². The highest BCUT2D eigenvalue weighted by atomic mass is 35.5. The van der Waals surface area contributed by atoms with Crippen LogP contribution in [0.4, 0.5) is 26.3 Å². The fourth-order valence-electron chi connectivity index (χ4n) is 1.43. The number of rotatable bonds is 3. The van der Waals surface area contributed by atoms with Crippen molar-refractivity contribution in [1.29, 1.82) is 0 Å². The Morgan fingerprint density at radius 2 is 1.75 bits per heavy atom. The van der Waals surface area contributed by atoms with Crippen molar-refractivity contribution in [1.82, 2.24) is 0 Å². The molecule has 0 heterocycles. The summed E-state index contributed by atoms with van der Waals surface area (Å²) in [5.41, 5.74) is -6.90. The molecule has 20 heavy (non-hydrogen) atoms. The third-order valence-corrected chi connectivity index (χ3v) is 3.63. The Morgan fingerprint density at radius 3 is 2.15 bits per heavy atom. The zero-order valence-corrected chi connectivity index (χ0v) is 11.3. The summed E-state index contributed by atoms with van der Waals surface area (Å²) in [7, 11) is 0. The van der Waals surface area contributed by atoms with Crippen LogP contribution in [0.3, 0.4) is 0 Å². The molecule has 9 heteroatoms. The molecule has 0 fully saturated rings. The number of Topliss-reactive ketones (excluding diaryl/α,β-unsaturated/α-hetero) is 1. The number of benzene rings is 1. The number of alkyl halides is 7. The average molecular weight is 337 g/mol. The van der Waals surface area contributed by atoms with Gasteiger partial charge in [-0.05, 0) is 30.3 Å². The minimum absolute atomic E-state index is 0.503. The number of thioether (sulfide) groups is 1. The van der Waals surface area contributed by atoms with Crippen LogP contribution in [0.25, 0.3) is 0 Å². The van der Waals surface area contributed by atoms with Gasteiger partial charge in [-0.15, -0.1) is 11.6 Å². The van der Waals surface area contributed by atoms with Crippen LogP contribution < -0.4 is 0 Å². The SMILES string of the molecule is CC(=O)C(Cl)c1cccc(C(F)(F)F)c1SC(F)(F)F. The second-order valence-corrected chi connectivity index (χ2v) is 5.25. The number of carbonyl (C=O) groups excluding carboxylic acids is 1. The molecule has 1 nitrogen and oxygen atoms in total. The molecule has 1 aromatic carbocycles. The molecule has 1 aromatic rings. The number of halogens is 7. The van der Waals surface area contributed by atoms with Crippen LogP contribution in [0, 0.1) is 0 Å². The van der Waals surface area contributed by atoms with E-state index >= 15 is 0 Å². The second kappa shape index (κ2) is 5.85. The normalized spacial score (nSPS) is 14.2. The van der Waals surface area contributed by atoms with Gasteiger partial charge in [0.25, 0.3) is 0 Å². The highest BCUT2D eigenvalue weighted by Gasteiger charge is 2.40. The van der Waals surface area contributed by atoms with E-state index in [0.717, 1.165) is 19.1 Å². The van der Waals surface area contributed by atoms with E-state index in [1.807, 2.05) is 0 Å². The Bertz CT molecular complexity index is 511. The average Bonchev–Trinajstić information content (AvgIpc) is 2.24. The van der Waals surface area contributed by atoms with E-state index in [2.05, 4.69) is 0 Å². The van der Waals surface area contributed by atoms with Gasteiger partial charge >= 0.3 is 11.7 Å². The standard InChI is InChI=1S/C11H7ClF6OS/c1-5(19)8(12)6-3-2-4-7(10(13,14)15)9(6)20-11(16,17)18/h2-4,8H,1H3. The summed E-state index contributed by atoms with van der Waals surface area (Å²) in [4.78, 5) is 10.0. The van der Waals surface area contributed by atoms with Crippen molar-refractivity contribution in [2.24, 2.45) is 0 Å². The maximum absolute atomic E-state index is 12.8. The van der Waals surface area contributed by atoms with E-state index in [-0.39, 0.29) is 0 Å². The third kappa shape index (κ3) is 4.31. The molecule has 1 rings (SSSR count). The fraction of sp³-hybridized carbons (Fsp3) is 0.364. The minimum Gasteiger partial charge on any atom is -0.298 e. The lowest BCUT2D eigenvalue weighted by atomic mass is 10.1. The van der Waals surface area contributed by atoms with Crippen LogP contribution in [-0.4, -0.2) is 11.3 Å². The maximum atomic E-state index is 12.8. The monoisotopic (exact) mass is 336 g/mol. The number of carbonyl (C=O) groups is 1. The van der Waals surface area contributed by atoms with Crippen molar-refractivity contribution in [3.8, 4) is 0 Å². The van der Waals surface area contributed by atoms with E-state index < -0.39 is 50.6 Å². The first-order valence-corrected chi connectivity index (χ1v) is 6.29. The summed E-state index contributed by atoms with van der Waals surface area (Å²) in [6.07, 6.45) is -4.98. The minimum atomic E-state index is -4.98. The van der Waals surface area contributed by atoms with Gasteiger partial charge in [0.2, 0.25) is 0 Å². The summed E-state index contributed by atoms with van der Waals surface area (Å²) < 4.78 is 75.5. The van der Waals surface area contributed by atoms with Crippen molar-refractivity contribution in [2.75, 3.05) is 0 Å². The molecule has 0 aromatic heterocycles. The largest absolute Gasteiger partial charge is 0.446 e. The first-order valence-electron chi connectivity index (χ1n) is 5.04. The first-order chi connectivity index (χ1) is 8.93. The Kier molecular flexibility index (Phi) is 5.02. The van der Waals surface area contributed by atoms with E-state index in [0.29, 0.717) is 6.07 Å². The van der Waals surface area contributed by atoms with Crippen LogP contribution in [0.2, 0.25) is 0 Å². The van der Waals surface area contributed by atoms with Gasteiger partial charge in [0.1, 0.15) is 5.38 Å². The van der Waals surface area contributed by atoms with Gasteiger partial charge < -0.3 is 0 Å². The molecule has 0 aliphatic carbocycles. The van der Waals surface area contributed by atoms with Gasteiger partial charge in [-0.25, -0.2) is 0 Å². The van der Waals surface area contributed by atoms with Gasteiger partial charge in [-0.1, -0.05) is 12.1 Å². The Labute approximate surface area is 119 Å². The topological polar surface area (TPSA) is 17.1 Å². The molecule has 1 unspecified atom stereocenters. The quantitative estimate of drug-likeness (QED) is 0.429. The molecule has 0 spiro atoms. The Balaban J connectivity index is 3.48. The van der Waals surface area contributed by atoms with E-state index in [4.69, 9.17) is 11.6 Å². The summed E-state index contributed by atoms with van der Waals surface area (Å²) >= 11 is 4.67. The van der Waals surface area contributed by atoms with Gasteiger partial charge in [0.15, 0.2) is 5.78 Å². The molecule has 0 N–H and O–H groups in total. The van der Waals surface area contributed by atoms with Gasteiger partial charge in [-0.3, -0.25) is 4.79 Å². The number of hydrogen-bond acceptors (Lipinski definition) is 2. The predicted octanol–water partition coefficient (Wildman–Crippen LogP) is 5.19. The van der Waals surface area contributed by atoms with E-state index in [9.17, 15) is 31.1 Å². The molecule has 0 saturated carbocycles. The highest BCUT2D eigenvalue weighted by molar-refractivity contribution is 8.00. The van der Waals surface area contributed by atoms with Crippen molar-refractivity contribution in [3.63, 3.8) is 0 Å². The van der Waals surface area contributed by atoms with Crippen LogP contribution in [0.5, 0.6) is 0 Å². The van der Waals surface area contributed by atoms with E-state index in [1.54, 1.807) is 0 Å². The van der Waals surface area contributed by atoms with Crippen molar-refractivity contribution in [3.05, 3.63) is 29.3 Å². The second-order valence-electron chi connectivity index (χ2n) is 3.74. The summed E-state index contributed by atoms with van der Waals surface area (Å²) in [6, 6.07) is 2.40. The number of hydrogen-bond donors (Lipinski definition) is 0. The molecule has 1 atom stereocenters. The molecule has 0 saturated heterocycles. The first kappa shape index (κ1) is 17.2. The summed E-state index contributed by atoms with van der Waals surface area (Å²) in [6.45, 7) is 0.986. The van der Waals surface area contributed by atoms with Crippen LogP contribution >= 0.6 is 23.4 Å². The fourth-order valence-corrected chi connectivity index (χ4v) is 2.50. The van der Waals surface area contributed by atoms with Crippen LogP contribution in [0.15, 0.2) is 23.1 Å². The van der Waals surface area contributed by atoms with Crippen LogP contribution in [0.1, 0.15) is 23.4 Å². The summed E-state index contributed by atoms with van der Waals surface area (Å²) in [5.74, 6) is -0.741. The Hall–Kier alpha value is -0.890. The molecule has 112 valence electrons. The highest BCUT2D eigenvalue weighted by Crippen LogP contribution is 2.47. The zero-order valence-electron chi connectivity index (χ0n) is 9.77. The molecule has 0 bridgehead atoms. The lowest BCUT2D eigenvalue weighted by molar-refractivity contribution is -0.140. The summed E-state index contributed by atoms with van der Waals surface area (Å²) in [5, 5.41) is -1.57. The number of ketones is 1. The Morgan fingerprint density at radius 1 is 1.20 bits per heavy atom. The van der Waals surface area contributed by atoms with Crippen molar-refractivity contribution < 1.29 is 31.1 Å². The van der Waals surface area contributed by atoms with E-state index in [1.165, 1.54) is 0 Å². The van der Waals surface area contributed by atoms with Gasteiger partial charge in [0, 0.05) is 4.90 Å². The smallest absolute Gasteiger partial charge is 0.298 e. The van der Waals surface area contributed by atoms with Crippen molar-refractivity contribution in [2.45, 2.75) is 28.9 Å². The molecule has 0 amide bonds. The van der Waals surface area contributed by atoms with Gasteiger partial charge in [-0.2, -0.15) is 26.3 Å². The third-order valence-electron chi connectivity index (χ3n) is 2.20. The molecular weight excluding hydrogens is 330 g/mol.